The van der Waals surface area contributed by atoms with Gasteiger partial charge in [-0.2, -0.15) is 0 Å². The van der Waals surface area contributed by atoms with Crippen LogP contribution in [0, 0.1) is 11.8 Å². The summed E-state index contributed by atoms with van der Waals surface area (Å²) in [5, 5.41) is 4.38. The van der Waals surface area contributed by atoms with Crippen LogP contribution in [0.5, 0.6) is 0 Å². The Morgan fingerprint density at radius 1 is 1.29 bits per heavy atom. The Hall–Kier alpha value is -0.730. The minimum atomic E-state index is 0.803. The Balaban J connectivity index is 2.07. The van der Waals surface area contributed by atoms with Crippen molar-refractivity contribution in [3.8, 4) is 0 Å². The normalized spacial score (nSPS) is 16.7. The van der Waals surface area contributed by atoms with Crippen molar-refractivity contribution in [1.29, 1.82) is 0 Å². The highest BCUT2D eigenvalue weighted by Gasteiger charge is 2.23. The number of hydrogen-bond acceptors (Lipinski definition) is 2. The van der Waals surface area contributed by atoms with Crippen LogP contribution in [0.4, 0.5) is 5.69 Å². The molecule has 1 fully saturated rings. The van der Waals surface area contributed by atoms with E-state index in [9.17, 15) is 0 Å². The van der Waals surface area contributed by atoms with E-state index in [-0.39, 0.29) is 0 Å². The minimum absolute atomic E-state index is 0.803. The first kappa shape index (κ1) is 16.6. The number of benzene rings is 1. The second-order valence-corrected chi connectivity index (χ2v) is 6.89. The van der Waals surface area contributed by atoms with Crippen LogP contribution in [-0.4, -0.2) is 19.6 Å². The van der Waals surface area contributed by atoms with Crippen molar-refractivity contribution in [2.45, 2.75) is 46.6 Å². The van der Waals surface area contributed by atoms with Gasteiger partial charge >= 0.3 is 0 Å². The van der Waals surface area contributed by atoms with Gasteiger partial charge in [-0.3, -0.25) is 0 Å². The molecular weight excluding hydrogens is 280 g/mol. The maximum absolute atomic E-state index is 6.44. The lowest BCUT2D eigenvalue weighted by Gasteiger charge is -2.36. The Labute approximate surface area is 134 Å². The topological polar surface area (TPSA) is 15.3 Å². The fraction of sp³-hybridized carbons (Fsp3) is 0.667. The molecule has 0 bridgehead atoms. The fourth-order valence-corrected chi connectivity index (χ4v) is 3.45. The summed E-state index contributed by atoms with van der Waals surface area (Å²) < 4.78 is 0. The first-order valence-electron chi connectivity index (χ1n) is 8.36. The van der Waals surface area contributed by atoms with Crippen molar-refractivity contribution >= 4 is 17.3 Å². The first-order chi connectivity index (χ1) is 10.1. The second kappa shape index (κ2) is 8.05. The Morgan fingerprint density at radius 3 is 2.62 bits per heavy atom. The highest BCUT2D eigenvalue weighted by molar-refractivity contribution is 6.31. The maximum atomic E-state index is 6.44. The number of hydrogen-bond donors (Lipinski definition) is 1. The molecule has 0 spiro atoms. The average molecular weight is 309 g/mol. The molecule has 21 heavy (non-hydrogen) atoms. The second-order valence-electron chi connectivity index (χ2n) is 6.48. The standard InChI is InChI=1S/C18H29ClN2/c1-4-10-20-13-16-17(19)6-5-7-18(16)21-11-8-15(9-12-21)14(2)3/h5-7,14-15,20H,4,8-13H2,1-3H3. The first-order valence-corrected chi connectivity index (χ1v) is 8.74. The molecule has 0 aliphatic carbocycles. The van der Waals surface area contributed by atoms with E-state index in [1.54, 1.807) is 0 Å². The van der Waals surface area contributed by atoms with Gasteiger partial charge in [0, 0.05) is 35.9 Å². The molecule has 1 aliphatic heterocycles. The van der Waals surface area contributed by atoms with E-state index in [0.717, 1.165) is 49.5 Å². The van der Waals surface area contributed by atoms with Gasteiger partial charge in [0.05, 0.1) is 0 Å². The van der Waals surface area contributed by atoms with Crippen molar-refractivity contribution in [2.75, 3.05) is 24.5 Å². The van der Waals surface area contributed by atoms with Gasteiger partial charge in [0.25, 0.3) is 0 Å². The van der Waals surface area contributed by atoms with Gasteiger partial charge in [-0.15, -0.1) is 0 Å². The monoisotopic (exact) mass is 308 g/mol. The number of piperidine rings is 1. The summed E-state index contributed by atoms with van der Waals surface area (Å²) in [6.07, 6.45) is 3.75. The molecule has 0 saturated carbocycles. The van der Waals surface area contributed by atoms with Gasteiger partial charge in [-0.1, -0.05) is 38.4 Å². The van der Waals surface area contributed by atoms with Crippen molar-refractivity contribution in [3.63, 3.8) is 0 Å². The van der Waals surface area contributed by atoms with Crippen LogP contribution >= 0.6 is 11.6 Å². The minimum Gasteiger partial charge on any atom is -0.371 e. The van der Waals surface area contributed by atoms with Gasteiger partial charge in [0.1, 0.15) is 0 Å². The number of halogens is 1. The highest BCUT2D eigenvalue weighted by Crippen LogP contribution is 2.32. The highest BCUT2D eigenvalue weighted by atomic mass is 35.5. The molecule has 3 heteroatoms. The van der Waals surface area contributed by atoms with Crippen molar-refractivity contribution < 1.29 is 0 Å². The van der Waals surface area contributed by atoms with Gasteiger partial charge < -0.3 is 10.2 Å². The molecule has 2 rings (SSSR count). The number of nitrogens with zero attached hydrogens (tertiary/aromatic N) is 1. The van der Waals surface area contributed by atoms with E-state index in [1.807, 2.05) is 6.07 Å². The molecule has 1 aromatic carbocycles. The lowest BCUT2D eigenvalue weighted by Crippen LogP contribution is -2.36. The van der Waals surface area contributed by atoms with E-state index in [0.29, 0.717) is 0 Å². The summed E-state index contributed by atoms with van der Waals surface area (Å²) in [7, 11) is 0. The Kier molecular flexibility index (Phi) is 6.38. The molecule has 1 saturated heterocycles. The van der Waals surface area contributed by atoms with E-state index >= 15 is 0 Å². The quantitative estimate of drug-likeness (QED) is 0.765. The summed E-state index contributed by atoms with van der Waals surface area (Å²) in [5.41, 5.74) is 2.59. The zero-order valence-electron chi connectivity index (χ0n) is 13.7. The SMILES string of the molecule is CCCNCc1c(Cl)cccc1N1CCC(C(C)C)CC1. The number of anilines is 1. The van der Waals surface area contributed by atoms with Crippen LogP contribution in [-0.2, 0) is 6.54 Å². The summed E-state index contributed by atoms with van der Waals surface area (Å²) in [5.74, 6) is 1.68. The zero-order chi connectivity index (χ0) is 15.2. The van der Waals surface area contributed by atoms with Gasteiger partial charge in [0.2, 0.25) is 0 Å². The van der Waals surface area contributed by atoms with Crippen LogP contribution < -0.4 is 10.2 Å². The van der Waals surface area contributed by atoms with Crippen molar-refractivity contribution in [3.05, 3.63) is 28.8 Å². The lowest BCUT2D eigenvalue weighted by atomic mass is 9.86. The molecular formula is C18H29ClN2. The predicted molar refractivity (Wildman–Crippen MR) is 93.2 cm³/mol. The Morgan fingerprint density at radius 2 is 2.00 bits per heavy atom. The molecule has 118 valence electrons. The molecule has 2 nitrogen and oxygen atoms in total. The molecule has 1 heterocycles. The Bertz CT molecular complexity index is 437. The lowest BCUT2D eigenvalue weighted by molar-refractivity contribution is 0.311. The third-order valence-electron chi connectivity index (χ3n) is 4.65. The zero-order valence-corrected chi connectivity index (χ0v) is 14.4. The molecule has 1 aromatic rings. The van der Waals surface area contributed by atoms with Crippen LogP contribution in [0.2, 0.25) is 5.02 Å². The molecule has 0 unspecified atom stereocenters. The largest absolute Gasteiger partial charge is 0.371 e. The molecule has 1 N–H and O–H groups in total. The molecule has 1 aliphatic rings. The third kappa shape index (κ3) is 4.37. The molecule has 0 amide bonds. The van der Waals surface area contributed by atoms with Gasteiger partial charge in [-0.25, -0.2) is 0 Å². The van der Waals surface area contributed by atoms with Crippen LogP contribution in [0.25, 0.3) is 0 Å². The summed E-state index contributed by atoms with van der Waals surface area (Å²) in [6.45, 7) is 11.1. The van der Waals surface area contributed by atoms with Gasteiger partial charge in [0.15, 0.2) is 0 Å². The average Bonchev–Trinajstić information content (AvgIpc) is 2.49. The number of nitrogens with one attached hydrogen (secondary N) is 1. The van der Waals surface area contributed by atoms with Crippen molar-refractivity contribution in [1.82, 2.24) is 5.32 Å². The van der Waals surface area contributed by atoms with Gasteiger partial charge in [-0.05, 0) is 49.8 Å². The van der Waals surface area contributed by atoms with E-state index < -0.39 is 0 Å². The fourth-order valence-electron chi connectivity index (χ4n) is 3.22. The molecule has 0 aromatic heterocycles. The number of rotatable bonds is 6. The summed E-state index contributed by atoms with van der Waals surface area (Å²) in [4.78, 5) is 2.52. The third-order valence-corrected chi connectivity index (χ3v) is 5.00. The van der Waals surface area contributed by atoms with Crippen molar-refractivity contribution in [2.24, 2.45) is 11.8 Å². The van der Waals surface area contributed by atoms with E-state index in [2.05, 4.69) is 43.1 Å². The summed E-state index contributed by atoms with van der Waals surface area (Å²) >= 11 is 6.44. The molecule has 0 radical (unpaired) electrons. The predicted octanol–water partition coefficient (Wildman–Crippen LogP) is 4.71. The van der Waals surface area contributed by atoms with E-state index in [4.69, 9.17) is 11.6 Å². The van der Waals surface area contributed by atoms with Crippen LogP contribution in [0.15, 0.2) is 18.2 Å². The maximum Gasteiger partial charge on any atom is 0.0471 e. The van der Waals surface area contributed by atoms with Crippen LogP contribution in [0.3, 0.4) is 0 Å². The summed E-state index contributed by atoms with van der Waals surface area (Å²) in [6, 6.07) is 6.31. The molecule has 0 atom stereocenters. The van der Waals surface area contributed by atoms with E-state index in [1.165, 1.54) is 24.1 Å². The smallest absolute Gasteiger partial charge is 0.0471 e. The van der Waals surface area contributed by atoms with Crippen LogP contribution in [0.1, 0.15) is 45.6 Å².